The zero-order valence-electron chi connectivity index (χ0n) is 12.2. The highest BCUT2D eigenvalue weighted by molar-refractivity contribution is 5.95. The van der Waals surface area contributed by atoms with Crippen molar-refractivity contribution in [3.63, 3.8) is 0 Å². The highest BCUT2D eigenvalue weighted by Gasteiger charge is 2.16. The van der Waals surface area contributed by atoms with Crippen molar-refractivity contribution < 1.29 is 9.90 Å². The molecule has 0 aliphatic rings. The molecular formula is C15H19N3O2. The van der Waals surface area contributed by atoms with Gasteiger partial charge in [0.15, 0.2) is 0 Å². The van der Waals surface area contributed by atoms with E-state index in [4.69, 9.17) is 5.73 Å². The summed E-state index contributed by atoms with van der Waals surface area (Å²) in [6.07, 6.45) is 0.900. The monoisotopic (exact) mass is 273 g/mol. The highest BCUT2D eigenvalue weighted by atomic mass is 16.4. The van der Waals surface area contributed by atoms with Crippen molar-refractivity contribution >= 4 is 11.7 Å². The van der Waals surface area contributed by atoms with Crippen molar-refractivity contribution in [2.24, 2.45) is 0 Å². The van der Waals surface area contributed by atoms with E-state index in [9.17, 15) is 9.90 Å². The number of aryl methyl sites for hydroxylation is 2. The maximum Gasteiger partial charge on any atom is 0.337 e. The second-order valence-corrected chi connectivity index (χ2v) is 4.94. The van der Waals surface area contributed by atoms with Crippen LogP contribution in [0.3, 0.4) is 0 Å². The van der Waals surface area contributed by atoms with Gasteiger partial charge in [-0.05, 0) is 50.5 Å². The average molecular weight is 273 g/mol. The zero-order chi connectivity index (χ0) is 15.0. The van der Waals surface area contributed by atoms with Crippen molar-refractivity contribution in [2.45, 2.75) is 34.1 Å². The molecule has 0 unspecified atom stereocenters. The van der Waals surface area contributed by atoms with Crippen molar-refractivity contribution in [1.82, 2.24) is 9.78 Å². The van der Waals surface area contributed by atoms with E-state index < -0.39 is 5.97 Å². The van der Waals surface area contributed by atoms with Crippen molar-refractivity contribution in [2.75, 3.05) is 5.73 Å². The van der Waals surface area contributed by atoms with E-state index in [1.54, 1.807) is 17.7 Å². The Labute approximate surface area is 118 Å². The van der Waals surface area contributed by atoms with Crippen LogP contribution in [0.5, 0.6) is 0 Å². The minimum atomic E-state index is -1.02. The van der Waals surface area contributed by atoms with Gasteiger partial charge in [-0.1, -0.05) is 6.92 Å². The Morgan fingerprint density at radius 3 is 2.50 bits per heavy atom. The Balaban J connectivity index is 2.68. The number of aromatic carboxylic acids is 1. The number of nitrogens with two attached hydrogens (primary N) is 1. The van der Waals surface area contributed by atoms with Crippen LogP contribution in [-0.2, 0) is 6.42 Å². The summed E-state index contributed by atoms with van der Waals surface area (Å²) in [4.78, 5) is 11.3. The third-order valence-corrected chi connectivity index (χ3v) is 3.64. The van der Waals surface area contributed by atoms with Crippen molar-refractivity contribution in [1.29, 1.82) is 0 Å². The van der Waals surface area contributed by atoms with Gasteiger partial charge in [0.1, 0.15) is 0 Å². The molecule has 0 bridgehead atoms. The van der Waals surface area contributed by atoms with Crippen LogP contribution in [0.25, 0.3) is 5.69 Å². The molecule has 1 heterocycles. The van der Waals surface area contributed by atoms with Crippen LogP contribution in [-0.4, -0.2) is 20.9 Å². The second-order valence-electron chi connectivity index (χ2n) is 4.94. The molecule has 0 fully saturated rings. The van der Waals surface area contributed by atoms with E-state index >= 15 is 0 Å². The number of nitrogen functional groups attached to an aromatic ring is 1. The Kier molecular flexibility index (Phi) is 3.53. The first kappa shape index (κ1) is 14.1. The number of anilines is 1. The van der Waals surface area contributed by atoms with Crippen molar-refractivity contribution in [3.8, 4) is 5.69 Å². The fraction of sp³-hybridized carbons (Fsp3) is 0.333. The molecule has 0 saturated carbocycles. The first-order valence-corrected chi connectivity index (χ1v) is 6.55. The average Bonchev–Trinajstić information content (AvgIpc) is 2.67. The number of benzene rings is 1. The van der Waals surface area contributed by atoms with Gasteiger partial charge < -0.3 is 10.8 Å². The molecular weight excluding hydrogens is 254 g/mol. The number of carboxylic acid groups (broad SMARTS) is 1. The maximum absolute atomic E-state index is 11.3. The molecule has 0 saturated heterocycles. The summed E-state index contributed by atoms with van der Waals surface area (Å²) in [5.41, 5.74) is 10.9. The molecule has 1 aromatic heterocycles. The summed E-state index contributed by atoms with van der Waals surface area (Å²) in [5, 5.41) is 13.7. The lowest BCUT2D eigenvalue weighted by atomic mass is 10.1. The summed E-state index contributed by atoms with van der Waals surface area (Å²) in [6.45, 7) is 7.84. The van der Waals surface area contributed by atoms with Crippen LogP contribution in [0.2, 0.25) is 0 Å². The molecule has 0 amide bonds. The van der Waals surface area contributed by atoms with E-state index in [-0.39, 0.29) is 5.56 Å². The van der Waals surface area contributed by atoms with Gasteiger partial charge in [-0.15, -0.1) is 0 Å². The lowest BCUT2D eigenvalue weighted by molar-refractivity contribution is 0.0698. The fourth-order valence-corrected chi connectivity index (χ4v) is 2.52. The normalized spacial score (nSPS) is 10.8. The minimum absolute atomic E-state index is 0.116. The third-order valence-electron chi connectivity index (χ3n) is 3.64. The number of hydrogen-bond acceptors (Lipinski definition) is 3. The molecule has 2 aromatic rings. The smallest absolute Gasteiger partial charge is 0.337 e. The van der Waals surface area contributed by atoms with E-state index in [1.807, 2.05) is 19.9 Å². The SMILES string of the molecule is CCc1c(C)nn(-c2cc(C)c(N)c(C(=O)O)c2)c1C. The first-order valence-electron chi connectivity index (χ1n) is 6.55. The Hall–Kier alpha value is -2.30. The molecule has 3 N–H and O–H groups in total. The lowest BCUT2D eigenvalue weighted by Crippen LogP contribution is -2.08. The van der Waals surface area contributed by atoms with Gasteiger partial charge in [0.2, 0.25) is 0 Å². The molecule has 0 aliphatic carbocycles. The fourth-order valence-electron chi connectivity index (χ4n) is 2.52. The first-order chi connectivity index (χ1) is 9.36. The molecule has 1 aromatic carbocycles. The number of rotatable bonds is 3. The van der Waals surface area contributed by atoms with Crippen LogP contribution in [0.15, 0.2) is 12.1 Å². The van der Waals surface area contributed by atoms with Gasteiger partial charge in [0.05, 0.1) is 16.9 Å². The molecule has 0 spiro atoms. The van der Waals surface area contributed by atoms with E-state index in [1.165, 1.54) is 5.56 Å². The molecule has 0 atom stereocenters. The van der Waals surface area contributed by atoms with Crippen LogP contribution >= 0.6 is 0 Å². The standard InChI is InChI=1S/C15H19N3O2/c1-5-12-9(3)17-18(10(12)4)11-6-8(2)14(16)13(7-11)15(19)20/h6-7H,5,16H2,1-4H3,(H,19,20). The predicted molar refractivity (Wildman–Crippen MR) is 78.5 cm³/mol. The summed E-state index contributed by atoms with van der Waals surface area (Å²) in [7, 11) is 0. The second kappa shape index (κ2) is 5.00. The van der Waals surface area contributed by atoms with Gasteiger partial charge in [-0.2, -0.15) is 5.10 Å². The quantitative estimate of drug-likeness (QED) is 0.842. The van der Waals surface area contributed by atoms with Gasteiger partial charge in [-0.3, -0.25) is 0 Å². The predicted octanol–water partition coefficient (Wildman–Crippen LogP) is 2.64. The zero-order valence-corrected chi connectivity index (χ0v) is 12.2. The lowest BCUT2D eigenvalue weighted by Gasteiger charge is -2.11. The van der Waals surface area contributed by atoms with E-state index in [0.717, 1.165) is 29.1 Å². The van der Waals surface area contributed by atoms with Gasteiger partial charge >= 0.3 is 5.97 Å². The summed E-state index contributed by atoms with van der Waals surface area (Å²) < 4.78 is 1.78. The van der Waals surface area contributed by atoms with E-state index in [0.29, 0.717) is 5.69 Å². The molecule has 106 valence electrons. The van der Waals surface area contributed by atoms with Gasteiger partial charge in [0.25, 0.3) is 0 Å². The van der Waals surface area contributed by atoms with Gasteiger partial charge in [-0.25, -0.2) is 9.48 Å². The molecule has 5 heteroatoms. The van der Waals surface area contributed by atoms with Crippen LogP contribution in [0.4, 0.5) is 5.69 Å². The molecule has 0 radical (unpaired) electrons. The maximum atomic E-state index is 11.3. The number of aromatic nitrogens is 2. The number of hydrogen-bond donors (Lipinski definition) is 2. The molecule has 5 nitrogen and oxygen atoms in total. The highest BCUT2D eigenvalue weighted by Crippen LogP contribution is 2.24. The summed E-state index contributed by atoms with van der Waals surface area (Å²) in [6, 6.07) is 3.43. The van der Waals surface area contributed by atoms with Crippen LogP contribution in [0, 0.1) is 20.8 Å². The van der Waals surface area contributed by atoms with Gasteiger partial charge in [0, 0.05) is 11.4 Å². The van der Waals surface area contributed by atoms with E-state index in [2.05, 4.69) is 12.0 Å². The number of carboxylic acids is 1. The Bertz CT molecular complexity index is 687. The Morgan fingerprint density at radius 2 is 2.00 bits per heavy atom. The Morgan fingerprint density at radius 1 is 1.35 bits per heavy atom. The molecule has 0 aliphatic heterocycles. The minimum Gasteiger partial charge on any atom is -0.478 e. The summed E-state index contributed by atoms with van der Waals surface area (Å²) in [5.74, 6) is -1.02. The topological polar surface area (TPSA) is 81.1 Å². The van der Waals surface area contributed by atoms with Crippen LogP contribution < -0.4 is 5.73 Å². The number of nitrogens with zero attached hydrogens (tertiary/aromatic N) is 2. The molecule has 2 rings (SSSR count). The molecule has 20 heavy (non-hydrogen) atoms. The van der Waals surface area contributed by atoms with Crippen LogP contribution in [0.1, 0.15) is 39.8 Å². The number of carbonyl (C=O) groups is 1. The summed E-state index contributed by atoms with van der Waals surface area (Å²) >= 11 is 0. The van der Waals surface area contributed by atoms with Crippen molar-refractivity contribution in [3.05, 3.63) is 40.2 Å². The third kappa shape index (κ3) is 2.15. The largest absolute Gasteiger partial charge is 0.478 e.